The van der Waals surface area contributed by atoms with Gasteiger partial charge < -0.3 is 9.64 Å². The summed E-state index contributed by atoms with van der Waals surface area (Å²) in [6, 6.07) is 4.63. The quantitative estimate of drug-likeness (QED) is 0.486. The summed E-state index contributed by atoms with van der Waals surface area (Å²) in [6.07, 6.45) is 1.04. The average Bonchev–Trinajstić information content (AvgIpc) is 2.70. The van der Waals surface area contributed by atoms with Crippen LogP contribution in [0.15, 0.2) is 18.2 Å². The normalized spacial score (nSPS) is 20.4. The summed E-state index contributed by atoms with van der Waals surface area (Å²) in [5.41, 5.74) is 0.546. The fraction of sp³-hybridized carbons (Fsp3) is 0.533. The lowest BCUT2D eigenvalue weighted by Crippen LogP contribution is -2.38. The Morgan fingerprint density at radius 3 is 2.62 bits per heavy atom. The zero-order valence-electron chi connectivity index (χ0n) is 12.8. The minimum absolute atomic E-state index is 0.00430. The van der Waals surface area contributed by atoms with Gasteiger partial charge in [0.1, 0.15) is 5.56 Å². The fourth-order valence-corrected chi connectivity index (χ4v) is 3.17. The van der Waals surface area contributed by atoms with Gasteiger partial charge in [-0.2, -0.15) is 0 Å². The van der Waals surface area contributed by atoms with E-state index in [0.717, 1.165) is 18.7 Å². The molecule has 1 aliphatic rings. The lowest BCUT2D eigenvalue weighted by atomic mass is 9.97. The van der Waals surface area contributed by atoms with Crippen LogP contribution >= 0.6 is 0 Å². The van der Waals surface area contributed by atoms with Crippen LogP contribution in [0.5, 0.6) is 0 Å². The predicted octanol–water partition coefficient (Wildman–Crippen LogP) is 3.01. The van der Waals surface area contributed by atoms with Gasteiger partial charge in [-0.3, -0.25) is 10.1 Å². The first-order valence-corrected chi connectivity index (χ1v) is 6.90. The molecule has 0 aromatic heterocycles. The standard InChI is InChI=1S/C15H20N2O4/c1-10-8-15(2,3)16(9-10)11-5-6-13(17(19)20)12(7-11)14(18)21-4/h5-7,10H,8-9H2,1-4H3. The molecule has 1 atom stereocenters. The zero-order chi connectivity index (χ0) is 15.8. The second-order valence-corrected chi connectivity index (χ2v) is 6.18. The van der Waals surface area contributed by atoms with Crippen molar-refractivity contribution in [1.29, 1.82) is 0 Å². The van der Waals surface area contributed by atoms with Crippen molar-refractivity contribution >= 4 is 17.3 Å². The maximum Gasteiger partial charge on any atom is 0.344 e. The molecule has 1 saturated heterocycles. The van der Waals surface area contributed by atoms with Gasteiger partial charge in [-0.25, -0.2) is 4.79 Å². The van der Waals surface area contributed by atoms with Gasteiger partial charge in [0.25, 0.3) is 5.69 Å². The second-order valence-electron chi connectivity index (χ2n) is 6.18. The van der Waals surface area contributed by atoms with E-state index >= 15 is 0 Å². The van der Waals surface area contributed by atoms with Crippen molar-refractivity contribution in [3.63, 3.8) is 0 Å². The molecule has 0 N–H and O–H groups in total. The molecule has 0 aliphatic carbocycles. The van der Waals surface area contributed by atoms with Crippen LogP contribution in [0.1, 0.15) is 37.6 Å². The summed E-state index contributed by atoms with van der Waals surface area (Å²) >= 11 is 0. The molecule has 1 aliphatic heterocycles. The van der Waals surface area contributed by atoms with E-state index in [1.165, 1.54) is 13.2 Å². The first kappa shape index (κ1) is 15.3. The van der Waals surface area contributed by atoms with Crippen molar-refractivity contribution in [2.45, 2.75) is 32.7 Å². The Kier molecular flexibility index (Phi) is 3.89. The van der Waals surface area contributed by atoms with Crippen molar-refractivity contribution in [1.82, 2.24) is 0 Å². The number of carbonyl (C=O) groups excluding carboxylic acids is 1. The van der Waals surface area contributed by atoms with Crippen LogP contribution in [0.25, 0.3) is 0 Å². The molecule has 0 bridgehead atoms. The summed E-state index contributed by atoms with van der Waals surface area (Å²) in [5.74, 6) is -0.148. The Hall–Kier alpha value is -2.11. The van der Waals surface area contributed by atoms with E-state index in [2.05, 4.69) is 30.4 Å². The largest absolute Gasteiger partial charge is 0.465 e. The third kappa shape index (κ3) is 2.84. The van der Waals surface area contributed by atoms with Gasteiger partial charge >= 0.3 is 5.97 Å². The maximum absolute atomic E-state index is 11.8. The highest BCUT2D eigenvalue weighted by Crippen LogP contribution is 2.38. The minimum Gasteiger partial charge on any atom is -0.465 e. The Bertz CT molecular complexity index is 583. The first-order valence-electron chi connectivity index (χ1n) is 6.90. The number of esters is 1. The first-order chi connectivity index (χ1) is 9.76. The lowest BCUT2D eigenvalue weighted by Gasteiger charge is -2.33. The van der Waals surface area contributed by atoms with Crippen molar-refractivity contribution in [2.24, 2.45) is 5.92 Å². The monoisotopic (exact) mass is 292 g/mol. The average molecular weight is 292 g/mol. The third-order valence-corrected chi connectivity index (χ3v) is 3.97. The van der Waals surface area contributed by atoms with E-state index in [-0.39, 0.29) is 16.8 Å². The number of nitro benzene ring substituents is 1. The Morgan fingerprint density at radius 1 is 1.48 bits per heavy atom. The van der Waals surface area contributed by atoms with Crippen LogP contribution in [0.3, 0.4) is 0 Å². The van der Waals surface area contributed by atoms with Gasteiger partial charge in [-0.1, -0.05) is 6.92 Å². The van der Waals surface area contributed by atoms with Crippen LogP contribution in [-0.2, 0) is 4.74 Å². The summed E-state index contributed by atoms with van der Waals surface area (Å²) in [7, 11) is 1.22. The van der Waals surface area contributed by atoms with Crippen LogP contribution < -0.4 is 4.90 Å². The van der Waals surface area contributed by atoms with Gasteiger partial charge in [0.05, 0.1) is 12.0 Å². The van der Waals surface area contributed by atoms with Gasteiger partial charge in [0, 0.05) is 23.8 Å². The Labute approximate surface area is 123 Å². The molecule has 1 heterocycles. The molecule has 0 saturated carbocycles. The van der Waals surface area contributed by atoms with E-state index in [1.807, 2.05) is 0 Å². The molecule has 21 heavy (non-hydrogen) atoms. The molecular weight excluding hydrogens is 272 g/mol. The molecule has 1 aromatic rings. The van der Waals surface area contributed by atoms with E-state index in [9.17, 15) is 14.9 Å². The van der Waals surface area contributed by atoms with Crippen LogP contribution in [0.4, 0.5) is 11.4 Å². The SMILES string of the molecule is COC(=O)c1cc(N2CC(C)CC2(C)C)ccc1[N+](=O)[O-]. The van der Waals surface area contributed by atoms with Crippen LogP contribution in [-0.4, -0.2) is 30.1 Å². The van der Waals surface area contributed by atoms with Crippen LogP contribution in [0.2, 0.25) is 0 Å². The van der Waals surface area contributed by atoms with E-state index in [4.69, 9.17) is 0 Å². The molecule has 114 valence electrons. The predicted molar refractivity (Wildman–Crippen MR) is 79.6 cm³/mol. The van der Waals surface area contributed by atoms with Crippen LogP contribution in [0, 0.1) is 16.0 Å². The van der Waals surface area contributed by atoms with Crippen molar-refractivity contribution < 1.29 is 14.5 Å². The molecule has 2 rings (SSSR count). The molecule has 1 fully saturated rings. The number of carbonyl (C=O) groups is 1. The highest BCUT2D eigenvalue weighted by Gasteiger charge is 2.37. The molecule has 1 unspecified atom stereocenters. The molecule has 0 radical (unpaired) electrons. The molecule has 6 nitrogen and oxygen atoms in total. The summed E-state index contributed by atoms with van der Waals surface area (Å²) in [5, 5.41) is 11.0. The number of hydrogen-bond donors (Lipinski definition) is 0. The number of nitro groups is 1. The number of rotatable bonds is 3. The number of anilines is 1. The minimum atomic E-state index is -0.686. The zero-order valence-corrected chi connectivity index (χ0v) is 12.8. The smallest absolute Gasteiger partial charge is 0.344 e. The number of methoxy groups -OCH3 is 1. The van der Waals surface area contributed by atoms with Gasteiger partial charge in [0.15, 0.2) is 0 Å². The highest BCUT2D eigenvalue weighted by molar-refractivity contribution is 5.95. The number of benzene rings is 1. The van der Waals surface area contributed by atoms with Crippen molar-refractivity contribution in [2.75, 3.05) is 18.6 Å². The lowest BCUT2D eigenvalue weighted by molar-refractivity contribution is -0.385. The van der Waals surface area contributed by atoms with Gasteiger partial charge in [0.2, 0.25) is 0 Å². The molecular formula is C15H20N2O4. The molecule has 6 heteroatoms. The number of ether oxygens (including phenoxy) is 1. The second kappa shape index (κ2) is 5.35. The Balaban J connectivity index is 2.47. The van der Waals surface area contributed by atoms with E-state index in [1.54, 1.807) is 12.1 Å². The summed E-state index contributed by atoms with van der Waals surface area (Å²) in [6.45, 7) is 7.31. The molecule has 1 aromatic carbocycles. The van der Waals surface area contributed by atoms with Gasteiger partial charge in [-0.15, -0.1) is 0 Å². The Morgan fingerprint density at radius 2 is 2.14 bits per heavy atom. The maximum atomic E-state index is 11.8. The third-order valence-electron chi connectivity index (χ3n) is 3.97. The topological polar surface area (TPSA) is 72.7 Å². The molecule has 0 amide bonds. The highest BCUT2D eigenvalue weighted by atomic mass is 16.6. The fourth-order valence-electron chi connectivity index (χ4n) is 3.17. The summed E-state index contributed by atoms with van der Waals surface area (Å²) < 4.78 is 4.66. The van der Waals surface area contributed by atoms with Gasteiger partial charge in [-0.05, 0) is 38.3 Å². The molecule has 0 spiro atoms. The van der Waals surface area contributed by atoms with E-state index in [0.29, 0.717) is 5.92 Å². The number of nitrogens with zero attached hydrogens (tertiary/aromatic N) is 2. The van der Waals surface area contributed by atoms with Crippen molar-refractivity contribution in [3.8, 4) is 0 Å². The van der Waals surface area contributed by atoms with Crippen molar-refractivity contribution in [3.05, 3.63) is 33.9 Å². The van der Waals surface area contributed by atoms with E-state index < -0.39 is 10.9 Å². The summed E-state index contributed by atoms with van der Waals surface area (Å²) in [4.78, 5) is 24.5. The number of hydrogen-bond acceptors (Lipinski definition) is 5.